The molecule has 0 saturated heterocycles. The van der Waals surface area contributed by atoms with Crippen LogP contribution >= 0.6 is 0 Å². The van der Waals surface area contributed by atoms with Crippen molar-refractivity contribution >= 4 is 11.6 Å². The average Bonchev–Trinajstić information content (AvgIpc) is 2.46. The third kappa shape index (κ3) is 2.74. The fourth-order valence-electron chi connectivity index (χ4n) is 3.12. The molecule has 1 aliphatic carbocycles. The maximum atomic E-state index is 12.7. The molecule has 0 radical (unpaired) electrons. The van der Waals surface area contributed by atoms with Gasteiger partial charge in [-0.05, 0) is 30.9 Å². The standard InChI is InChI=1S/C16H24N2O2/c1-11-7-4-5-9-13(11)18(2)16(19)12-8-6-10-14(20-3)15(12)17/h6,8,10-11,13H,4-5,7,9,17H2,1-3H3. The number of hydrogen-bond donors (Lipinski definition) is 1. The molecule has 2 rings (SSSR count). The number of methoxy groups -OCH3 is 1. The SMILES string of the molecule is COc1cccc(C(=O)N(C)C2CCCCC2C)c1N. The number of para-hydroxylation sites is 1. The second-order valence-corrected chi connectivity index (χ2v) is 5.67. The summed E-state index contributed by atoms with van der Waals surface area (Å²) >= 11 is 0. The van der Waals surface area contributed by atoms with Crippen LogP contribution in [0.4, 0.5) is 5.69 Å². The monoisotopic (exact) mass is 276 g/mol. The zero-order chi connectivity index (χ0) is 14.7. The van der Waals surface area contributed by atoms with Crippen LogP contribution in [0.2, 0.25) is 0 Å². The zero-order valence-electron chi connectivity index (χ0n) is 12.6. The highest BCUT2D eigenvalue weighted by Crippen LogP contribution is 2.30. The van der Waals surface area contributed by atoms with Gasteiger partial charge < -0.3 is 15.4 Å². The summed E-state index contributed by atoms with van der Waals surface area (Å²) in [6.07, 6.45) is 4.73. The third-order valence-electron chi connectivity index (χ3n) is 4.40. The Morgan fingerprint density at radius 3 is 2.70 bits per heavy atom. The van der Waals surface area contributed by atoms with Gasteiger partial charge in [-0.3, -0.25) is 4.79 Å². The van der Waals surface area contributed by atoms with Gasteiger partial charge in [0.2, 0.25) is 0 Å². The number of ether oxygens (including phenoxy) is 1. The molecule has 1 fully saturated rings. The average molecular weight is 276 g/mol. The first-order chi connectivity index (χ1) is 9.56. The Morgan fingerprint density at radius 2 is 2.05 bits per heavy atom. The lowest BCUT2D eigenvalue weighted by molar-refractivity contribution is 0.0630. The van der Waals surface area contributed by atoms with Crippen LogP contribution in [0.15, 0.2) is 18.2 Å². The van der Waals surface area contributed by atoms with Crippen LogP contribution in [0.3, 0.4) is 0 Å². The molecule has 110 valence electrons. The maximum absolute atomic E-state index is 12.7. The van der Waals surface area contributed by atoms with Crippen molar-refractivity contribution in [1.82, 2.24) is 4.90 Å². The third-order valence-corrected chi connectivity index (χ3v) is 4.40. The van der Waals surface area contributed by atoms with E-state index in [2.05, 4.69) is 6.92 Å². The molecule has 0 spiro atoms. The summed E-state index contributed by atoms with van der Waals surface area (Å²) in [5.41, 5.74) is 6.98. The Labute approximate surface area is 120 Å². The van der Waals surface area contributed by atoms with Gasteiger partial charge in [-0.15, -0.1) is 0 Å². The summed E-state index contributed by atoms with van der Waals surface area (Å²) < 4.78 is 5.19. The van der Waals surface area contributed by atoms with E-state index in [9.17, 15) is 4.79 Å². The number of rotatable bonds is 3. The van der Waals surface area contributed by atoms with Gasteiger partial charge >= 0.3 is 0 Å². The summed E-state index contributed by atoms with van der Waals surface area (Å²) in [7, 11) is 3.45. The van der Waals surface area contributed by atoms with Gasteiger partial charge in [-0.2, -0.15) is 0 Å². The van der Waals surface area contributed by atoms with E-state index in [0.29, 0.717) is 29.0 Å². The van der Waals surface area contributed by atoms with E-state index < -0.39 is 0 Å². The van der Waals surface area contributed by atoms with E-state index in [4.69, 9.17) is 10.5 Å². The largest absolute Gasteiger partial charge is 0.495 e. The highest BCUT2D eigenvalue weighted by atomic mass is 16.5. The molecule has 1 aromatic carbocycles. The van der Waals surface area contributed by atoms with Crippen molar-refractivity contribution in [3.8, 4) is 5.75 Å². The normalized spacial score (nSPS) is 22.4. The number of nitrogens with zero attached hydrogens (tertiary/aromatic N) is 1. The Morgan fingerprint density at radius 1 is 1.35 bits per heavy atom. The van der Waals surface area contributed by atoms with Crippen molar-refractivity contribution in [2.24, 2.45) is 5.92 Å². The first-order valence-corrected chi connectivity index (χ1v) is 7.26. The summed E-state index contributed by atoms with van der Waals surface area (Å²) in [5, 5.41) is 0. The second-order valence-electron chi connectivity index (χ2n) is 5.67. The van der Waals surface area contributed by atoms with Crippen molar-refractivity contribution in [1.29, 1.82) is 0 Å². The van der Waals surface area contributed by atoms with Crippen LogP contribution in [-0.4, -0.2) is 31.0 Å². The highest BCUT2D eigenvalue weighted by Gasteiger charge is 2.29. The molecular formula is C16H24N2O2. The Hall–Kier alpha value is -1.71. The molecule has 4 nitrogen and oxygen atoms in total. The molecule has 1 aliphatic rings. The minimum Gasteiger partial charge on any atom is -0.495 e. The Kier molecular flexibility index (Phi) is 4.53. The number of nitrogen functional groups attached to an aromatic ring is 1. The topological polar surface area (TPSA) is 55.6 Å². The number of carbonyl (C=O) groups is 1. The molecule has 1 amide bonds. The fourth-order valence-corrected chi connectivity index (χ4v) is 3.12. The lowest BCUT2D eigenvalue weighted by Crippen LogP contribution is -2.42. The summed E-state index contributed by atoms with van der Waals surface area (Å²) in [5.74, 6) is 1.09. The molecule has 0 bridgehead atoms. The number of carbonyl (C=O) groups excluding carboxylic acids is 1. The zero-order valence-corrected chi connectivity index (χ0v) is 12.6. The summed E-state index contributed by atoms with van der Waals surface area (Å²) in [6.45, 7) is 2.22. The van der Waals surface area contributed by atoms with Gasteiger partial charge in [0.15, 0.2) is 0 Å². The minimum atomic E-state index is -0.0137. The molecule has 2 N–H and O–H groups in total. The Bertz CT molecular complexity index is 487. The van der Waals surface area contributed by atoms with Crippen LogP contribution in [-0.2, 0) is 0 Å². The predicted octanol–water partition coefficient (Wildman–Crippen LogP) is 2.93. The van der Waals surface area contributed by atoms with Gasteiger partial charge in [0.25, 0.3) is 5.91 Å². The van der Waals surface area contributed by atoms with E-state index in [0.717, 1.165) is 6.42 Å². The molecule has 1 saturated carbocycles. The smallest absolute Gasteiger partial charge is 0.256 e. The van der Waals surface area contributed by atoms with Crippen molar-refractivity contribution in [2.75, 3.05) is 19.9 Å². The molecule has 2 unspecified atom stereocenters. The second kappa shape index (κ2) is 6.16. The molecule has 20 heavy (non-hydrogen) atoms. The number of nitrogens with two attached hydrogens (primary N) is 1. The van der Waals surface area contributed by atoms with E-state index in [1.807, 2.05) is 11.9 Å². The molecule has 4 heteroatoms. The van der Waals surface area contributed by atoms with Crippen molar-refractivity contribution in [3.63, 3.8) is 0 Å². The number of amides is 1. The van der Waals surface area contributed by atoms with Gasteiger partial charge in [-0.1, -0.05) is 25.8 Å². The molecule has 0 heterocycles. The summed E-state index contributed by atoms with van der Waals surface area (Å²) in [6, 6.07) is 5.65. The summed E-state index contributed by atoms with van der Waals surface area (Å²) in [4.78, 5) is 14.5. The number of anilines is 1. The van der Waals surface area contributed by atoms with E-state index in [-0.39, 0.29) is 5.91 Å². The van der Waals surface area contributed by atoms with E-state index in [1.165, 1.54) is 19.3 Å². The molecule has 2 atom stereocenters. The van der Waals surface area contributed by atoms with Gasteiger partial charge in [-0.25, -0.2) is 0 Å². The highest BCUT2D eigenvalue weighted by molar-refractivity contribution is 6.00. The lowest BCUT2D eigenvalue weighted by Gasteiger charge is -2.36. The lowest BCUT2D eigenvalue weighted by atomic mass is 9.85. The quantitative estimate of drug-likeness (QED) is 0.864. The van der Waals surface area contributed by atoms with Crippen molar-refractivity contribution in [3.05, 3.63) is 23.8 Å². The first-order valence-electron chi connectivity index (χ1n) is 7.26. The van der Waals surface area contributed by atoms with Crippen LogP contribution in [0.5, 0.6) is 5.75 Å². The number of hydrogen-bond acceptors (Lipinski definition) is 3. The van der Waals surface area contributed by atoms with E-state index >= 15 is 0 Å². The van der Waals surface area contributed by atoms with Crippen molar-refractivity contribution < 1.29 is 9.53 Å². The first kappa shape index (κ1) is 14.7. The van der Waals surface area contributed by atoms with E-state index in [1.54, 1.807) is 25.3 Å². The van der Waals surface area contributed by atoms with Crippen LogP contribution in [0.1, 0.15) is 43.0 Å². The molecule has 0 aliphatic heterocycles. The van der Waals surface area contributed by atoms with Crippen LogP contribution in [0, 0.1) is 5.92 Å². The van der Waals surface area contributed by atoms with Gasteiger partial charge in [0, 0.05) is 13.1 Å². The van der Waals surface area contributed by atoms with Gasteiger partial charge in [0.05, 0.1) is 18.4 Å². The van der Waals surface area contributed by atoms with Crippen LogP contribution < -0.4 is 10.5 Å². The Balaban J connectivity index is 2.22. The number of benzene rings is 1. The molecular weight excluding hydrogens is 252 g/mol. The van der Waals surface area contributed by atoms with Crippen LogP contribution in [0.25, 0.3) is 0 Å². The van der Waals surface area contributed by atoms with Gasteiger partial charge in [0.1, 0.15) is 5.75 Å². The maximum Gasteiger partial charge on any atom is 0.256 e. The van der Waals surface area contributed by atoms with Crippen molar-refractivity contribution in [2.45, 2.75) is 38.6 Å². The predicted molar refractivity (Wildman–Crippen MR) is 80.9 cm³/mol. The fraction of sp³-hybridized carbons (Fsp3) is 0.562. The molecule has 0 aromatic heterocycles. The molecule has 1 aromatic rings. The minimum absolute atomic E-state index is 0.0137.